The summed E-state index contributed by atoms with van der Waals surface area (Å²) in [4.78, 5) is 36.7. The van der Waals surface area contributed by atoms with Gasteiger partial charge in [-0.3, -0.25) is 14.4 Å². The molecule has 0 radical (unpaired) electrons. The van der Waals surface area contributed by atoms with Crippen molar-refractivity contribution < 1.29 is 23.9 Å². The van der Waals surface area contributed by atoms with E-state index >= 15 is 0 Å². The number of ether oxygens (including phenoxy) is 2. The Balaban J connectivity index is 1.58. The molecule has 0 atom stereocenters. The third kappa shape index (κ3) is 7.96. The molecule has 3 amide bonds. The van der Waals surface area contributed by atoms with Gasteiger partial charge in [-0.15, -0.1) is 0 Å². The highest BCUT2D eigenvalue weighted by Gasteiger charge is 2.15. The maximum atomic E-state index is 12.3. The average Bonchev–Trinajstić information content (AvgIpc) is 2.91. The number of nitrogens with zero attached hydrogens (tertiary/aromatic N) is 1. The summed E-state index contributed by atoms with van der Waals surface area (Å²) in [5.41, 5.74) is 4.61. The molecule has 0 spiro atoms. The van der Waals surface area contributed by atoms with Crippen LogP contribution in [0.2, 0.25) is 10.0 Å². The van der Waals surface area contributed by atoms with Crippen molar-refractivity contribution in [2.75, 3.05) is 23.8 Å². The summed E-state index contributed by atoms with van der Waals surface area (Å²) in [6.45, 7) is 3.79. The Kier molecular flexibility index (Phi) is 10.5. The first-order valence-electron chi connectivity index (χ1n) is 11.7. The van der Waals surface area contributed by atoms with E-state index in [-0.39, 0.29) is 11.6 Å². The smallest absolute Gasteiger partial charge is 0.329 e. The summed E-state index contributed by atoms with van der Waals surface area (Å²) < 4.78 is 11.2. The first-order chi connectivity index (χ1) is 18.3. The van der Waals surface area contributed by atoms with E-state index in [0.29, 0.717) is 46.5 Å². The highest BCUT2D eigenvalue weighted by atomic mass is 35.5. The van der Waals surface area contributed by atoms with Gasteiger partial charge in [-0.25, -0.2) is 5.43 Å². The molecule has 198 valence electrons. The largest absolute Gasteiger partial charge is 0.490 e. The lowest BCUT2D eigenvalue weighted by atomic mass is 10.1. The van der Waals surface area contributed by atoms with Crippen LogP contribution in [0.3, 0.4) is 0 Å². The number of carbonyl (C=O) groups excluding carboxylic acids is 3. The number of amides is 3. The summed E-state index contributed by atoms with van der Waals surface area (Å²) in [5.74, 6) is -1.49. The molecule has 9 nitrogen and oxygen atoms in total. The van der Waals surface area contributed by atoms with Crippen LogP contribution in [0.5, 0.6) is 11.5 Å². The number of rotatable bonds is 10. The van der Waals surface area contributed by atoms with Crippen LogP contribution in [0.1, 0.15) is 25.0 Å². The lowest BCUT2D eigenvalue weighted by Crippen LogP contribution is -2.32. The van der Waals surface area contributed by atoms with Crippen LogP contribution in [0, 0.1) is 0 Å². The zero-order valence-electron chi connectivity index (χ0n) is 20.7. The average molecular weight is 557 g/mol. The van der Waals surface area contributed by atoms with Crippen LogP contribution in [0.4, 0.5) is 11.4 Å². The summed E-state index contributed by atoms with van der Waals surface area (Å²) in [7, 11) is 0. The minimum absolute atomic E-state index is 0.233. The highest BCUT2D eigenvalue weighted by molar-refractivity contribution is 6.44. The van der Waals surface area contributed by atoms with Crippen molar-refractivity contribution in [1.29, 1.82) is 0 Å². The molecule has 3 aromatic rings. The molecule has 0 heterocycles. The fourth-order valence-electron chi connectivity index (χ4n) is 3.27. The van der Waals surface area contributed by atoms with Crippen molar-refractivity contribution in [2.24, 2.45) is 5.10 Å². The Morgan fingerprint density at radius 2 is 1.63 bits per heavy atom. The van der Waals surface area contributed by atoms with Crippen molar-refractivity contribution in [3.8, 4) is 11.5 Å². The van der Waals surface area contributed by atoms with Crippen LogP contribution in [0.15, 0.2) is 65.8 Å². The fourth-order valence-corrected chi connectivity index (χ4v) is 3.62. The molecule has 0 aliphatic rings. The van der Waals surface area contributed by atoms with Gasteiger partial charge in [-0.05, 0) is 60.9 Å². The third-order valence-corrected chi connectivity index (χ3v) is 5.90. The van der Waals surface area contributed by atoms with Crippen molar-refractivity contribution in [1.82, 2.24) is 5.43 Å². The van der Waals surface area contributed by atoms with Crippen molar-refractivity contribution in [3.63, 3.8) is 0 Å². The molecular weight excluding hydrogens is 531 g/mol. The fraction of sp³-hybridized carbons (Fsp3) is 0.185. The predicted octanol–water partition coefficient (Wildman–Crippen LogP) is 5.06. The number of benzene rings is 3. The van der Waals surface area contributed by atoms with Gasteiger partial charge in [0.05, 0.1) is 28.6 Å². The number of hydrazone groups is 1. The number of hydrogen-bond acceptors (Lipinski definition) is 6. The second-order valence-corrected chi connectivity index (χ2v) is 8.53. The minimum Gasteiger partial charge on any atom is -0.490 e. The number of halogens is 2. The maximum absolute atomic E-state index is 12.3. The summed E-state index contributed by atoms with van der Waals surface area (Å²) >= 11 is 12.1. The van der Waals surface area contributed by atoms with Gasteiger partial charge in [0.15, 0.2) is 18.1 Å². The lowest BCUT2D eigenvalue weighted by Gasteiger charge is -2.13. The molecule has 38 heavy (non-hydrogen) atoms. The van der Waals surface area contributed by atoms with E-state index in [4.69, 9.17) is 32.7 Å². The Morgan fingerprint density at radius 1 is 0.868 bits per heavy atom. The third-order valence-electron chi connectivity index (χ3n) is 5.08. The number of para-hydroxylation sites is 1. The van der Waals surface area contributed by atoms with E-state index in [0.717, 1.165) is 5.56 Å². The Labute approximate surface area is 230 Å². The molecule has 11 heteroatoms. The number of hydrogen-bond donors (Lipinski definition) is 3. The van der Waals surface area contributed by atoms with Gasteiger partial charge in [0, 0.05) is 5.69 Å². The van der Waals surface area contributed by atoms with Crippen LogP contribution in [-0.4, -0.2) is 37.1 Å². The molecule has 0 unspecified atom stereocenters. The number of carbonyl (C=O) groups is 3. The molecule has 0 saturated heterocycles. The minimum atomic E-state index is -0.914. The van der Waals surface area contributed by atoms with E-state index in [9.17, 15) is 14.4 Å². The quantitative estimate of drug-likeness (QED) is 0.183. The molecule has 0 aromatic heterocycles. The first-order valence-corrected chi connectivity index (χ1v) is 12.4. The SMILES string of the molecule is CCOc1cc(/C=N\NC(=O)C(=O)Nc2ccccc2CC)ccc1OCC(=O)Nc1cccc(Cl)c1Cl. The molecule has 0 bridgehead atoms. The Hall–Kier alpha value is -4.08. The van der Waals surface area contributed by atoms with Gasteiger partial charge < -0.3 is 20.1 Å². The van der Waals surface area contributed by atoms with Crippen molar-refractivity contribution >= 4 is 58.5 Å². The molecule has 0 fully saturated rings. The van der Waals surface area contributed by atoms with Gasteiger partial charge >= 0.3 is 11.8 Å². The predicted molar refractivity (Wildman–Crippen MR) is 148 cm³/mol. The molecule has 0 aliphatic heterocycles. The van der Waals surface area contributed by atoms with E-state index < -0.39 is 17.7 Å². The van der Waals surface area contributed by atoms with Crippen LogP contribution < -0.4 is 25.5 Å². The van der Waals surface area contributed by atoms with E-state index in [1.807, 2.05) is 19.1 Å². The second kappa shape index (κ2) is 14.0. The van der Waals surface area contributed by atoms with Crippen molar-refractivity contribution in [2.45, 2.75) is 20.3 Å². The van der Waals surface area contributed by atoms with Gasteiger partial charge in [-0.1, -0.05) is 54.4 Å². The van der Waals surface area contributed by atoms with Gasteiger partial charge in [-0.2, -0.15) is 5.10 Å². The van der Waals surface area contributed by atoms with Crippen molar-refractivity contribution in [3.05, 3.63) is 81.8 Å². The second-order valence-electron chi connectivity index (χ2n) is 7.74. The number of aryl methyl sites for hydroxylation is 1. The Bertz CT molecular complexity index is 1350. The molecule has 0 aliphatic carbocycles. The number of nitrogens with one attached hydrogen (secondary N) is 3. The Morgan fingerprint density at radius 3 is 2.39 bits per heavy atom. The maximum Gasteiger partial charge on any atom is 0.329 e. The van der Waals surface area contributed by atoms with E-state index in [1.54, 1.807) is 55.5 Å². The normalized spacial score (nSPS) is 10.6. The van der Waals surface area contributed by atoms with Crippen LogP contribution in [-0.2, 0) is 20.8 Å². The topological polar surface area (TPSA) is 118 Å². The molecule has 3 rings (SSSR count). The first kappa shape index (κ1) is 28.5. The van der Waals surface area contributed by atoms with Gasteiger partial charge in [0.1, 0.15) is 0 Å². The lowest BCUT2D eigenvalue weighted by molar-refractivity contribution is -0.136. The highest BCUT2D eigenvalue weighted by Crippen LogP contribution is 2.30. The van der Waals surface area contributed by atoms with Crippen LogP contribution in [0.25, 0.3) is 0 Å². The summed E-state index contributed by atoms with van der Waals surface area (Å²) in [5, 5.41) is 9.61. The van der Waals surface area contributed by atoms with E-state index in [2.05, 4.69) is 21.2 Å². The molecule has 3 aromatic carbocycles. The number of anilines is 2. The molecule has 0 saturated carbocycles. The van der Waals surface area contributed by atoms with Crippen LogP contribution >= 0.6 is 23.2 Å². The zero-order chi connectivity index (χ0) is 27.5. The van der Waals surface area contributed by atoms with Gasteiger partial charge in [0.25, 0.3) is 5.91 Å². The molecule has 3 N–H and O–H groups in total. The zero-order valence-corrected chi connectivity index (χ0v) is 22.2. The standard InChI is InChI=1S/C27H26Cl2N4O5/c1-3-18-8-5-6-10-20(18)32-26(35)27(36)33-30-15-17-12-13-22(23(14-17)37-4-2)38-16-24(34)31-21-11-7-9-19(28)25(21)29/h5-15H,3-4,16H2,1-2H3,(H,31,34)(H,32,35)(H,33,36)/b30-15-. The summed E-state index contributed by atoms with van der Waals surface area (Å²) in [6, 6.07) is 17.0. The summed E-state index contributed by atoms with van der Waals surface area (Å²) in [6.07, 6.45) is 2.06. The molecular formula is C27H26Cl2N4O5. The van der Waals surface area contributed by atoms with E-state index in [1.165, 1.54) is 6.21 Å². The monoisotopic (exact) mass is 556 g/mol. The van der Waals surface area contributed by atoms with Gasteiger partial charge in [0.2, 0.25) is 0 Å².